The summed E-state index contributed by atoms with van der Waals surface area (Å²) in [6, 6.07) is 9.03. The van der Waals surface area contributed by atoms with Crippen LogP contribution in [0, 0.1) is 6.92 Å². The Kier molecular flexibility index (Phi) is 3.63. The first-order chi connectivity index (χ1) is 8.63. The van der Waals surface area contributed by atoms with E-state index in [1.165, 1.54) is 7.11 Å². The molecule has 0 fully saturated rings. The molecule has 2 rings (SSSR count). The SMILES string of the molecule is COC(=O)c1ccccc1-c1ncc(Cl)cc1C. The van der Waals surface area contributed by atoms with Crippen LogP contribution in [0.5, 0.6) is 0 Å². The molecule has 0 spiro atoms. The fraction of sp³-hybridized carbons (Fsp3) is 0.143. The second-order valence-corrected chi connectivity index (χ2v) is 4.29. The number of esters is 1. The van der Waals surface area contributed by atoms with Gasteiger partial charge in [0.15, 0.2) is 0 Å². The number of pyridine rings is 1. The predicted molar refractivity (Wildman–Crippen MR) is 70.8 cm³/mol. The van der Waals surface area contributed by atoms with Crippen LogP contribution < -0.4 is 0 Å². The van der Waals surface area contributed by atoms with Gasteiger partial charge in [-0.3, -0.25) is 4.98 Å². The van der Waals surface area contributed by atoms with Gasteiger partial charge in [-0.1, -0.05) is 29.8 Å². The molecule has 0 radical (unpaired) electrons. The maximum Gasteiger partial charge on any atom is 0.338 e. The normalized spacial score (nSPS) is 10.2. The van der Waals surface area contributed by atoms with E-state index in [9.17, 15) is 4.79 Å². The fourth-order valence-corrected chi connectivity index (χ4v) is 2.01. The zero-order chi connectivity index (χ0) is 13.1. The molecule has 0 atom stereocenters. The summed E-state index contributed by atoms with van der Waals surface area (Å²) in [5.74, 6) is -0.373. The number of aromatic nitrogens is 1. The largest absolute Gasteiger partial charge is 0.465 e. The molecule has 1 aromatic heterocycles. The monoisotopic (exact) mass is 261 g/mol. The van der Waals surface area contributed by atoms with Gasteiger partial charge in [0.1, 0.15) is 0 Å². The van der Waals surface area contributed by atoms with Crippen LogP contribution in [0.2, 0.25) is 5.02 Å². The first-order valence-electron chi connectivity index (χ1n) is 5.43. The Hall–Kier alpha value is -1.87. The van der Waals surface area contributed by atoms with Crippen molar-refractivity contribution in [3.63, 3.8) is 0 Å². The molecular weight excluding hydrogens is 250 g/mol. The summed E-state index contributed by atoms with van der Waals surface area (Å²) in [5.41, 5.74) is 2.90. The molecule has 1 heterocycles. The maximum atomic E-state index is 11.7. The summed E-state index contributed by atoms with van der Waals surface area (Å²) in [4.78, 5) is 16.0. The van der Waals surface area contributed by atoms with Gasteiger partial charge in [0.05, 0.1) is 23.4 Å². The van der Waals surface area contributed by atoms with Crippen LogP contribution in [0.1, 0.15) is 15.9 Å². The van der Waals surface area contributed by atoms with E-state index in [4.69, 9.17) is 16.3 Å². The number of ether oxygens (including phenoxy) is 1. The van der Waals surface area contributed by atoms with Gasteiger partial charge in [-0.05, 0) is 24.6 Å². The van der Waals surface area contributed by atoms with Gasteiger partial charge in [-0.25, -0.2) is 4.79 Å². The van der Waals surface area contributed by atoms with Crippen molar-refractivity contribution < 1.29 is 9.53 Å². The number of methoxy groups -OCH3 is 1. The molecule has 0 unspecified atom stereocenters. The third-order valence-corrected chi connectivity index (χ3v) is 2.84. The minimum absolute atomic E-state index is 0.373. The lowest BCUT2D eigenvalue weighted by Crippen LogP contribution is -2.04. The Morgan fingerprint density at radius 3 is 2.72 bits per heavy atom. The van der Waals surface area contributed by atoms with Gasteiger partial charge >= 0.3 is 5.97 Å². The lowest BCUT2D eigenvalue weighted by molar-refractivity contribution is 0.0601. The fourth-order valence-electron chi connectivity index (χ4n) is 1.80. The van der Waals surface area contributed by atoms with E-state index in [-0.39, 0.29) is 5.97 Å². The van der Waals surface area contributed by atoms with Crippen LogP contribution in [0.15, 0.2) is 36.5 Å². The predicted octanol–water partition coefficient (Wildman–Crippen LogP) is 3.50. The summed E-state index contributed by atoms with van der Waals surface area (Å²) >= 11 is 5.88. The molecule has 0 N–H and O–H groups in total. The first kappa shape index (κ1) is 12.6. The molecule has 1 aromatic carbocycles. The van der Waals surface area contributed by atoms with Crippen LogP contribution in [0.3, 0.4) is 0 Å². The summed E-state index contributed by atoms with van der Waals surface area (Å²) < 4.78 is 4.77. The Morgan fingerprint density at radius 2 is 2.06 bits per heavy atom. The zero-order valence-corrected chi connectivity index (χ0v) is 10.9. The molecule has 0 aliphatic heterocycles. The quantitative estimate of drug-likeness (QED) is 0.777. The highest BCUT2D eigenvalue weighted by molar-refractivity contribution is 6.30. The molecule has 0 bridgehead atoms. The maximum absolute atomic E-state index is 11.7. The third kappa shape index (κ3) is 2.36. The second-order valence-electron chi connectivity index (χ2n) is 3.86. The Balaban J connectivity index is 2.60. The lowest BCUT2D eigenvalue weighted by Gasteiger charge is -2.09. The van der Waals surface area contributed by atoms with Crippen LogP contribution in [0.25, 0.3) is 11.3 Å². The summed E-state index contributed by atoms with van der Waals surface area (Å²) in [6.45, 7) is 1.91. The molecule has 18 heavy (non-hydrogen) atoms. The van der Waals surface area contributed by atoms with E-state index in [1.54, 1.807) is 18.3 Å². The van der Waals surface area contributed by atoms with Crippen LogP contribution in [-0.2, 0) is 4.74 Å². The summed E-state index contributed by atoms with van der Waals surface area (Å²) in [5, 5.41) is 0.576. The van der Waals surface area contributed by atoms with Gasteiger partial charge in [-0.2, -0.15) is 0 Å². The number of hydrogen-bond acceptors (Lipinski definition) is 3. The van der Waals surface area contributed by atoms with Gasteiger partial charge in [0.2, 0.25) is 0 Å². The van der Waals surface area contributed by atoms with E-state index >= 15 is 0 Å². The number of carbonyl (C=O) groups is 1. The van der Waals surface area contributed by atoms with Gasteiger partial charge < -0.3 is 4.74 Å². The molecule has 2 aromatic rings. The number of aryl methyl sites for hydroxylation is 1. The summed E-state index contributed by atoms with van der Waals surface area (Å²) in [6.07, 6.45) is 1.57. The Morgan fingerprint density at radius 1 is 1.33 bits per heavy atom. The van der Waals surface area contributed by atoms with Crippen LogP contribution in [0.4, 0.5) is 0 Å². The second kappa shape index (κ2) is 5.19. The Labute approximate surface area is 110 Å². The van der Waals surface area contributed by atoms with Crippen molar-refractivity contribution in [3.8, 4) is 11.3 Å². The van der Waals surface area contributed by atoms with E-state index < -0.39 is 0 Å². The number of carbonyl (C=O) groups excluding carboxylic acids is 1. The van der Waals surface area contributed by atoms with Crippen molar-refractivity contribution in [2.24, 2.45) is 0 Å². The molecule has 92 valence electrons. The number of nitrogens with zero attached hydrogens (tertiary/aromatic N) is 1. The molecule has 0 saturated heterocycles. The van der Waals surface area contributed by atoms with Crippen LogP contribution >= 0.6 is 11.6 Å². The minimum atomic E-state index is -0.373. The topological polar surface area (TPSA) is 39.2 Å². The van der Waals surface area contributed by atoms with Crippen molar-refractivity contribution in [2.45, 2.75) is 6.92 Å². The molecular formula is C14H12ClNO2. The number of benzene rings is 1. The Bertz CT molecular complexity index is 596. The smallest absolute Gasteiger partial charge is 0.338 e. The molecule has 0 saturated carbocycles. The van der Waals surface area contributed by atoms with Crippen LogP contribution in [-0.4, -0.2) is 18.1 Å². The average molecular weight is 262 g/mol. The van der Waals surface area contributed by atoms with E-state index in [2.05, 4.69) is 4.98 Å². The highest BCUT2D eigenvalue weighted by Crippen LogP contribution is 2.26. The van der Waals surface area contributed by atoms with Gasteiger partial charge in [0, 0.05) is 11.8 Å². The third-order valence-electron chi connectivity index (χ3n) is 2.63. The molecule has 0 aliphatic rings. The number of halogens is 1. The van der Waals surface area contributed by atoms with E-state index in [1.807, 2.05) is 25.1 Å². The standard InChI is InChI=1S/C14H12ClNO2/c1-9-7-10(15)8-16-13(9)11-5-3-4-6-12(11)14(17)18-2/h3-8H,1-2H3. The lowest BCUT2D eigenvalue weighted by atomic mass is 10.0. The number of rotatable bonds is 2. The number of hydrogen-bond donors (Lipinski definition) is 0. The van der Waals surface area contributed by atoms with Gasteiger partial charge in [-0.15, -0.1) is 0 Å². The van der Waals surface area contributed by atoms with Crippen molar-refractivity contribution in [1.82, 2.24) is 4.98 Å². The van der Waals surface area contributed by atoms with Crippen molar-refractivity contribution in [1.29, 1.82) is 0 Å². The van der Waals surface area contributed by atoms with Crippen molar-refractivity contribution >= 4 is 17.6 Å². The van der Waals surface area contributed by atoms with E-state index in [0.717, 1.165) is 16.8 Å². The highest BCUT2D eigenvalue weighted by atomic mass is 35.5. The molecule has 3 nitrogen and oxygen atoms in total. The zero-order valence-electron chi connectivity index (χ0n) is 10.1. The first-order valence-corrected chi connectivity index (χ1v) is 5.81. The minimum Gasteiger partial charge on any atom is -0.465 e. The van der Waals surface area contributed by atoms with Gasteiger partial charge in [0.25, 0.3) is 0 Å². The average Bonchev–Trinajstić information content (AvgIpc) is 2.38. The molecule has 0 aliphatic carbocycles. The van der Waals surface area contributed by atoms with Crippen molar-refractivity contribution in [3.05, 3.63) is 52.7 Å². The molecule has 0 amide bonds. The summed E-state index contributed by atoms with van der Waals surface area (Å²) in [7, 11) is 1.36. The van der Waals surface area contributed by atoms with E-state index in [0.29, 0.717) is 10.6 Å². The van der Waals surface area contributed by atoms with Crippen molar-refractivity contribution in [2.75, 3.05) is 7.11 Å². The molecule has 4 heteroatoms. The highest BCUT2D eigenvalue weighted by Gasteiger charge is 2.14.